The number of methoxy groups -OCH3 is 1. The summed E-state index contributed by atoms with van der Waals surface area (Å²) in [5, 5.41) is 7.93. The summed E-state index contributed by atoms with van der Waals surface area (Å²) in [4.78, 5) is 15.3. The number of carbonyl (C=O) groups is 1. The number of nitrogens with one attached hydrogen (secondary N) is 1. The van der Waals surface area contributed by atoms with Crippen LogP contribution < -0.4 is 5.32 Å². The molecule has 0 aliphatic rings. The molecule has 0 atom stereocenters. The summed E-state index contributed by atoms with van der Waals surface area (Å²) in [6.45, 7) is 1.24. The minimum absolute atomic E-state index is 0.298. The van der Waals surface area contributed by atoms with Gasteiger partial charge < -0.3 is 10.1 Å². The van der Waals surface area contributed by atoms with E-state index >= 15 is 0 Å². The summed E-state index contributed by atoms with van der Waals surface area (Å²) in [6, 6.07) is 3.47. The van der Waals surface area contributed by atoms with Crippen molar-refractivity contribution in [3.63, 3.8) is 0 Å². The molecule has 0 amide bonds. The second-order valence-corrected chi connectivity index (χ2v) is 4.59. The van der Waals surface area contributed by atoms with E-state index in [0.29, 0.717) is 23.9 Å². The predicted molar refractivity (Wildman–Crippen MR) is 74.3 cm³/mol. The van der Waals surface area contributed by atoms with Crippen LogP contribution in [0, 0.1) is 0 Å². The normalized spacial score (nSPS) is 10.6. The zero-order valence-electron chi connectivity index (χ0n) is 11.3. The maximum atomic E-state index is 11.2. The second kappa shape index (κ2) is 6.49. The standard InChI is InChI=1S/C13H15ClN4O2/c1-18-12(14)10(8-17-18)7-15-5-9-3-4-11(16-6-9)13(19)20-2/h3-4,6,8,15H,5,7H2,1-2H3. The highest BCUT2D eigenvalue weighted by atomic mass is 35.5. The highest BCUT2D eigenvalue weighted by molar-refractivity contribution is 6.30. The average molecular weight is 295 g/mol. The first-order valence-corrected chi connectivity index (χ1v) is 6.40. The van der Waals surface area contributed by atoms with Crippen LogP contribution in [0.25, 0.3) is 0 Å². The summed E-state index contributed by atoms with van der Waals surface area (Å²) >= 11 is 6.06. The van der Waals surface area contributed by atoms with E-state index in [-0.39, 0.29) is 0 Å². The number of esters is 1. The monoisotopic (exact) mass is 294 g/mol. The largest absolute Gasteiger partial charge is 0.464 e. The number of hydrogen-bond acceptors (Lipinski definition) is 5. The van der Waals surface area contributed by atoms with E-state index in [0.717, 1.165) is 11.1 Å². The molecule has 0 radical (unpaired) electrons. The van der Waals surface area contributed by atoms with Crippen molar-refractivity contribution in [1.82, 2.24) is 20.1 Å². The Bertz CT molecular complexity index is 595. The third kappa shape index (κ3) is 3.34. The molecule has 2 rings (SSSR count). The van der Waals surface area contributed by atoms with E-state index in [2.05, 4.69) is 20.1 Å². The lowest BCUT2D eigenvalue weighted by Gasteiger charge is -2.04. The lowest BCUT2D eigenvalue weighted by atomic mass is 10.2. The van der Waals surface area contributed by atoms with Crippen molar-refractivity contribution in [2.75, 3.05) is 7.11 Å². The molecule has 0 aliphatic carbocycles. The van der Waals surface area contributed by atoms with Crippen molar-refractivity contribution in [2.45, 2.75) is 13.1 Å². The molecule has 0 saturated carbocycles. The number of nitrogens with zero attached hydrogens (tertiary/aromatic N) is 3. The van der Waals surface area contributed by atoms with Crippen LogP contribution in [-0.2, 0) is 24.9 Å². The molecular formula is C13H15ClN4O2. The molecule has 2 aromatic heterocycles. The predicted octanol–water partition coefficient (Wildman–Crippen LogP) is 1.54. The molecule has 2 aromatic rings. The van der Waals surface area contributed by atoms with Gasteiger partial charge in [0.2, 0.25) is 0 Å². The Balaban J connectivity index is 1.88. The van der Waals surface area contributed by atoms with E-state index in [1.54, 1.807) is 30.2 Å². The van der Waals surface area contributed by atoms with Gasteiger partial charge in [-0.15, -0.1) is 0 Å². The van der Waals surface area contributed by atoms with Gasteiger partial charge in [0.25, 0.3) is 0 Å². The highest BCUT2D eigenvalue weighted by Gasteiger charge is 2.07. The third-order valence-corrected chi connectivity index (χ3v) is 3.29. The molecule has 20 heavy (non-hydrogen) atoms. The first-order chi connectivity index (χ1) is 9.61. The minimum atomic E-state index is -0.438. The summed E-state index contributed by atoms with van der Waals surface area (Å²) in [5.41, 5.74) is 2.21. The number of aromatic nitrogens is 3. The topological polar surface area (TPSA) is 69.0 Å². The van der Waals surface area contributed by atoms with Crippen molar-refractivity contribution >= 4 is 17.6 Å². The minimum Gasteiger partial charge on any atom is -0.464 e. The molecule has 7 heteroatoms. The second-order valence-electron chi connectivity index (χ2n) is 4.23. The van der Waals surface area contributed by atoms with Gasteiger partial charge in [0.1, 0.15) is 10.8 Å². The lowest BCUT2D eigenvalue weighted by molar-refractivity contribution is 0.0594. The zero-order valence-corrected chi connectivity index (χ0v) is 12.0. The Morgan fingerprint density at radius 3 is 2.75 bits per heavy atom. The number of hydrogen-bond donors (Lipinski definition) is 1. The van der Waals surface area contributed by atoms with Gasteiger partial charge in [0.05, 0.1) is 13.3 Å². The van der Waals surface area contributed by atoms with Crippen molar-refractivity contribution in [2.24, 2.45) is 7.05 Å². The van der Waals surface area contributed by atoms with Crippen LogP contribution in [0.15, 0.2) is 24.5 Å². The highest BCUT2D eigenvalue weighted by Crippen LogP contribution is 2.13. The third-order valence-electron chi connectivity index (χ3n) is 2.80. The number of rotatable bonds is 5. The van der Waals surface area contributed by atoms with E-state index in [1.165, 1.54) is 7.11 Å². The Morgan fingerprint density at radius 2 is 2.20 bits per heavy atom. The van der Waals surface area contributed by atoms with Crippen molar-refractivity contribution in [1.29, 1.82) is 0 Å². The number of aryl methyl sites for hydroxylation is 1. The van der Waals surface area contributed by atoms with Gasteiger partial charge in [-0.2, -0.15) is 5.10 Å². The van der Waals surface area contributed by atoms with Gasteiger partial charge in [-0.05, 0) is 11.6 Å². The fourth-order valence-electron chi connectivity index (χ4n) is 1.68. The first-order valence-electron chi connectivity index (χ1n) is 6.02. The molecule has 0 fully saturated rings. The molecule has 0 unspecified atom stereocenters. The van der Waals surface area contributed by atoms with Crippen molar-refractivity contribution in [3.05, 3.63) is 46.5 Å². The average Bonchev–Trinajstić information content (AvgIpc) is 2.79. The molecule has 0 aromatic carbocycles. The Kier molecular flexibility index (Phi) is 4.70. The van der Waals surface area contributed by atoms with Crippen LogP contribution >= 0.6 is 11.6 Å². The molecule has 106 valence electrons. The first kappa shape index (κ1) is 14.5. The van der Waals surface area contributed by atoms with Gasteiger partial charge >= 0.3 is 5.97 Å². The molecule has 1 N–H and O–H groups in total. The summed E-state index contributed by atoms with van der Waals surface area (Å²) in [7, 11) is 3.12. The zero-order chi connectivity index (χ0) is 14.5. The Hall–Kier alpha value is -1.92. The quantitative estimate of drug-likeness (QED) is 0.847. The van der Waals surface area contributed by atoms with E-state index < -0.39 is 5.97 Å². The van der Waals surface area contributed by atoms with Crippen LogP contribution in [0.4, 0.5) is 0 Å². The number of carbonyl (C=O) groups excluding carboxylic acids is 1. The summed E-state index contributed by atoms with van der Waals surface area (Å²) in [6.07, 6.45) is 3.37. The van der Waals surface area contributed by atoms with E-state index in [1.807, 2.05) is 6.07 Å². The molecule has 0 bridgehead atoms. The SMILES string of the molecule is COC(=O)c1ccc(CNCc2cnn(C)c2Cl)cn1. The van der Waals surface area contributed by atoms with Crippen LogP contribution in [-0.4, -0.2) is 27.8 Å². The van der Waals surface area contributed by atoms with Gasteiger partial charge in [-0.25, -0.2) is 9.78 Å². The van der Waals surface area contributed by atoms with Crippen molar-refractivity contribution < 1.29 is 9.53 Å². The Labute approximate surface area is 121 Å². The molecule has 0 saturated heterocycles. The molecular weight excluding hydrogens is 280 g/mol. The van der Waals surface area contributed by atoms with E-state index in [4.69, 9.17) is 11.6 Å². The molecule has 0 spiro atoms. The van der Waals surface area contributed by atoms with Crippen LogP contribution in [0.3, 0.4) is 0 Å². The lowest BCUT2D eigenvalue weighted by Crippen LogP contribution is -2.13. The number of halogens is 1. The van der Waals surface area contributed by atoms with Gasteiger partial charge in [-0.1, -0.05) is 17.7 Å². The van der Waals surface area contributed by atoms with Gasteiger partial charge in [0, 0.05) is 31.9 Å². The van der Waals surface area contributed by atoms with E-state index in [9.17, 15) is 4.79 Å². The molecule has 2 heterocycles. The fourth-order valence-corrected chi connectivity index (χ4v) is 1.84. The van der Waals surface area contributed by atoms with Gasteiger partial charge in [0.15, 0.2) is 0 Å². The van der Waals surface area contributed by atoms with Crippen LogP contribution in [0.1, 0.15) is 21.6 Å². The van der Waals surface area contributed by atoms with Crippen LogP contribution in [0.2, 0.25) is 5.15 Å². The summed E-state index contributed by atoms with van der Waals surface area (Å²) < 4.78 is 6.21. The summed E-state index contributed by atoms with van der Waals surface area (Å²) in [5.74, 6) is -0.438. The molecule has 0 aliphatic heterocycles. The smallest absolute Gasteiger partial charge is 0.356 e. The number of pyridine rings is 1. The maximum absolute atomic E-state index is 11.2. The van der Waals surface area contributed by atoms with Crippen molar-refractivity contribution in [3.8, 4) is 0 Å². The van der Waals surface area contributed by atoms with Crippen LogP contribution in [0.5, 0.6) is 0 Å². The molecule has 6 nitrogen and oxygen atoms in total. The maximum Gasteiger partial charge on any atom is 0.356 e. The number of ether oxygens (including phenoxy) is 1. The fraction of sp³-hybridized carbons (Fsp3) is 0.308. The Morgan fingerprint density at radius 1 is 1.40 bits per heavy atom. The van der Waals surface area contributed by atoms with Gasteiger partial charge in [-0.3, -0.25) is 4.68 Å².